The van der Waals surface area contributed by atoms with Crippen LogP contribution in [0.5, 0.6) is 0 Å². The first kappa shape index (κ1) is 15.7. The summed E-state index contributed by atoms with van der Waals surface area (Å²) in [5, 5.41) is 11.8. The second-order valence-electron chi connectivity index (χ2n) is 4.39. The number of carbonyl (C=O) groups is 2. The Morgan fingerprint density at radius 3 is 2.06 bits per heavy atom. The summed E-state index contributed by atoms with van der Waals surface area (Å²) in [5.41, 5.74) is -1.15. The van der Waals surface area contributed by atoms with E-state index in [0.29, 0.717) is 12.8 Å². The van der Waals surface area contributed by atoms with Crippen LogP contribution in [0.2, 0.25) is 0 Å². The topological polar surface area (TPSA) is 69.6 Å². The highest BCUT2D eigenvalue weighted by Gasteiger charge is 2.37. The summed E-state index contributed by atoms with van der Waals surface area (Å²) in [7, 11) is 1.68. The molecular weight excluding hydrogens is 220 g/mol. The molecule has 0 aromatic carbocycles. The Hall–Kier alpha value is -1.26. The summed E-state index contributed by atoms with van der Waals surface area (Å²) in [4.78, 5) is 24.7. The van der Waals surface area contributed by atoms with Crippen LogP contribution in [0.3, 0.4) is 0 Å². The third kappa shape index (κ3) is 3.61. The molecule has 0 aromatic heterocycles. The van der Waals surface area contributed by atoms with Crippen molar-refractivity contribution in [1.82, 2.24) is 10.2 Å². The summed E-state index contributed by atoms with van der Waals surface area (Å²) < 4.78 is 0. The zero-order valence-corrected chi connectivity index (χ0v) is 11.4. The largest absolute Gasteiger partial charge is 0.480 e. The summed E-state index contributed by atoms with van der Waals surface area (Å²) in [6, 6.07) is -0.236. The van der Waals surface area contributed by atoms with Gasteiger partial charge in [0.1, 0.15) is 5.54 Å². The molecule has 0 aliphatic carbocycles. The molecule has 2 amide bonds. The maximum Gasteiger partial charge on any atom is 0.329 e. The molecule has 1 unspecified atom stereocenters. The van der Waals surface area contributed by atoms with Crippen LogP contribution in [0.25, 0.3) is 0 Å². The summed E-state index contributed by atoms with van der Waals surface area (Å²) in [6.45, 7) is 7.45. The molecule has 0 spiro atoms. The van der Waals surface area contributed by atoms with E-state index in [4.69, 9.17) is 0 Å². The molecule has 2 N–H and O–H groups in total. The quantitative estimate of drug-likeness (QED) is 0.751. The number of urea groups is 1. The molecule has 0 radical (unpaired) electrons. The second-order valence-corrected chi connectivity index (χ2v) is 4.39. The van der Waals surface area contributed by atoms with Crippen molar-refractivity contribution in [1.29, 1.82) is 0 Å². The third-order valence-electron chi connectivity index (χ3n) is 3.54. The molecule has 17 heavy (non-hydrogen) atoms. The first-order valence-corrected chi connectivity index (χ1v) is 6.12. The summed E-state index contributed by atoms with van der Waals surface area (Å²) in [6.07, 6.45) is 1.58. The molecule has 0 heterocycles. The highest BCUT2D eigenvalue weighted by molar-refractivity contribution is 5.86. The third-order valence-corrected chi connectivity index (χ3v) is 3.54. The van der Waals surface area contributed by atoms with Crippen molar-refractivity contribution in [3.63, 3.8) is 0 Å². The number of nitrogens with zero attached hydrogens (tertiary/aromatic N) is 1. The van der Waals surface area contributed by atoms with E-state index in [1.165, 1.54) is 0 Å². The van der Waals surface area contributed by atoms with E-state index in [2.05, 4.69) is 5.32 Å². The van der Waals surface area contributed by atoms with Gasteiger partial charge in [-0.3, -0.25) is 0 Å². The van der Waals surface area contributed by atoms with E-state index in [1.807, 2.05) is 13.8 Å². The van der Waals surface area contributed by atoms with Crippen molar-refractivity contribution in [2.75, 3.05) is 7.05 Å². The predicted molar refractivity (Wildman–Crippen MR) is 67.0 cm³/mol. The second kappa shape index (κ2) is 6.47. The minimum atomic E-state index is -1.15. The number of rotatable bonds is 6. The first-order chi connectivity index (χ1) is 7.84. The van der Waals surface area contributed by atoms with Crippen LogP contribution < -0.4 is 5.32 Å². The number of carboxylic acids is 1. The van der Waals surface area contributed by atoms with Crippen LogP contribution >= 0.6 is 0 Å². The highest BCUT2D eigenvalue weighted by Crippen LogP contribution is 2.16. The molecule has 0 bridgehead atoms. The van der Waals surface area contributed by atoms with Gasteiger partial charge < -0.3 is 15.3 Å². The monoisotopic (exact) mass is 244 g/mol. The predicted octanol–water partition coefficient (Wildman–Crippen LogP) is 2.07. The number of carboxylic acid groups (broad SMARTS) is 1. The van der Waals surface area contributed by atoms with Crippen LogP contribution in [0.1, 0.15) is 47.0 Å². The SMILES string of the molecule is CCC(C)N(C)C(=O)NC(CC)(CC)C(=O)O. The van der Waals surface area contributed by atoms with Gasteiger partial charge in [0.2, 0.25) is 0 Å². The van der Waals surface area contributed by atoms with Crippen LogP contribution in [0.4, 0.5) is 4.79 Å². The van der Waals surface area contributed by atoms with Crippen molar-refractivity contribution in [2.24, 2.45) is 0 Å². The van der Waals surface area contributed by atoms with Crippen molar-refractivity contribution in [3.8, 4) is 0 Å². The van der Waals surface area contributed by atoms with Gasteiger partial charge in [-0.1, -0.05) is 20.8 Å². The molecule has 100 valence electrons. The van der Waals surface area contributed by atoms with Crippen molar-refractivity contribution in [3.05, 3.63) is 0 Å². The average Bonchev–Trinajstić information content (AvgIpc) is 2.33. The molecule has 0 fully saturated rings. The Morgan fingerprint density at radius 2 is 1.76 bits per heavy atom. The molecule has 0 aromatic rings. The minimum absolute atomic E-state index is 0.0928. The Morgan fingerprint density at radius 1 is 1.29 bits per heavy atom. The number of aliphatic carboxylic acids is 1. The minimum Gasteiger partial charge on any atom is -0.480 e. The lowest BCUT2D eigenvalue weighted by molar-refractivity contribution is -0.144. The Balaban J connectivity index is 4.79. The maximum absolute atomic E-state index is 11.9. The molecule has 0 aliphatic heterocycles. The number of carbonyl (C=O) groups excluding carboxylic acids is 1. The number of hydrogen-bond donors (Lipinski definition) is 2. The molecule has 0 saturated heterocycles. The number of amides is 2. The van der Waals surface area contributed by atoms with Crippen molar-refractivity contribution in [2.45, 2.75) is 58.5 Å². The zero-order chi connectivity index (χ0) is 13.6. The normalized spacial score (nSPS) is 13.0. The zero-order valence-electron chi connectivity index (χ0n) is 11.4. The van der Waals surface area contributed by atoms with Gasteiger partial charge in [-0.2, -0.15) is 0 Å². The maximum atomic E-state index is 11.9. The molecule has 5 nitrogen and oxygen atoms in total. The van der Waals surface area contributed by atoms with Crippen LogP contribution in [0.15, 0.2) is 0 Å². The molecule has 5 heteroatoms. The van der Waals surface area contributed by atoms with E-state index in [1.54, 1.807) is 25.8 Å². The van der Waals surface area contributed by atoms with Gasteiger partial charge in [0.15, 0.2) is 0 Å². The molecule has 1 atom stereocenters. The molecular formula is C12H24N2O3. The lowest BCUT2D eigenvalue weighted by atomic mass is 9.93. The van der Waals surface area contributed by atoms with E-state index < -0.39 is 11.5 Å². The van der Waals surface area contributed by atoms with Crippen LogP contribution in [-0.2, 0) is 4.79 Å². The van der Waals surface area contributed by atoms with Gasteiger partial charge in [0.05, 0.1) is 0 Å². The lowest BCUT2D eigenvalue weighted by Gasteiger charge is -2.32. The first-order valence-electron chi connectivity index (χ1n) is 6.12. The van der Waals surface area contributed by atoms with E-state index in [0.717, 1.165) is 6.42 Å². The Labute approximate surface area is 103 Å². The van der Waals surface area contributed by atoms with Crippen LogP contribution in [-0.4, -0.2) is 40.6 Å². The molecule has 0 saturated carbocycles. The van der Waals surface area contributed by atoms with Gasteiger partial charge in [-0.25, -0.2) is 9.59 Å². The van der Waals surface area contributed by atoms with Gasteiger partial charge >= 0.3 is 12.0 Å². The van der Waals surface area contributed by atoms with E-state index in [-0.39, 0.29) is 12.1 Å². The standard InChI is InChI=1S/C12H24N2O3/c1-6-9(4)14(5)11(17)13-12(7-2,8-3)10(15)16/h9H,6-8H2,1-5H3,(H,13,17)(H,15,16). The summed E-state index contributed by atoms with van der Waals surface area (Å²) >= 11 is 0. The van der Waals surface area contributed by atoms with Gasteiger partial charge in [-0.05, 0) is 26.2 Å². The van der Waals surface area contributed by atoms with Gasteiger partial charge in [0.25, 0.3) is 0 Å². The molecule has 0 aliphatic rings. The number of hydrogen-bond acceptors (Lipinski definition) is 2. The van der Waals surface area contributed by atoms with E-state index in [9.17, 15) is 14.7 Å². The smallest absolute Gasteiger partial charge is 0.329 e. The van der Waals surface area contributed by atoms with E-state index >= 15 is 0 Å². The molecule has 0 rings (SSSR count). The van der Waals surface area contributed by atoms with Crippen LogP contribution in [0, 0.1) is 0 Å². The Bertz CT molecular complexity index is 275. The highest BCUT2D eigenvalue weighted by atomic mass is 16.4. The fraction of sp³-hybridized carbons (Fsp3) is 0.833. The average molecular weight is 244 g/mol. The summed E-state index contributed by atoms with van der Waals surface area (Å²) in [5.74, 6) is -0.978. The fourth-order valence-corrected chi connectivity index (χ4v) is 1.55. The Kier molecular flexibility index (Phi) is 5.99. The van der Waals surface area contributed by atoms with Crippen molar-refractivity contribution < 1.29 is 14.7 Å². The van der Waals surface area contributed by atoms with Gasteiger partial charge in [-0.15, -0.1) is 0 Å². The number of nitrogens with one attached hydrogen (secondary N) is 1. The van der Waals surface area contributed by atoms with Crippen molar-refractivity contribution >= 4 is 12.0 Å². The lowest BCUT2D eigenvalue weighted by Crippen LogP contribution is -2.57. The van der Waals surface area contributed by atoms with Gasteiger partial charge in [0, 0.05) is 13.1 Å². The fourth-order valence-electron chi connectivity index (χ4n) is 1.55.